The fourth-order valence-corrected chi connectivity index (χ4v) is 4.31. The number of anilines is 2. The number of ether oxygens (including phenoxy) is 2. The molecular weight excluding hydrogens is 398 g/mol. The highest BCUT2D eigenvalue weighted by atomic mass is 32.1. The number of thiocarbonyl (C=S) groups is 1. The Morgan fingerprint density at radius 1 is 1.10 bits per heavy atom. The first-order chi connectivity index (χ1) is 14.5. The zero-order chi connectivity index (χ0) is 21.1. The zero-order valence-electron chi connectivity index (χ0n) is 17.8. The molecule has 2 aromatic rings. The predicted octanol–water partition coefficient (Wildman–Crippen LogP) is 3.53. The summed E-state index contributed by atoms with van der Waals surface area (Å²) < 4.78 is 11.2. The second-order valence-electron chi connectivity index (χ2n) is 8.33. The van der Waals surface area contributed by atoms with Gasteiger partial charge in [-0.3, -0.25) is 0 Å². The summed E-state index contributed by atoms with van der Waals surface area (Å²) in [7, 11) is 0. The van der Waals surface area contributed by atoms with Crippen LogP contribution in [-0.4, -0.2) is 41.4 Å². The summed E-state index contributed by atoms with van der Waals surface area (Å²) in [5.74, 6) is 4.36. The van der Waals surface area contributed by atoms with E-state index in [1.54, 1.807) is 0 Å². The van der Waals surface area contributed by atoms with E-state index in [9.17, 15) is 0 Å². The van der Waals surface area contributed by atoms with Gasteiger partial charge in [0.05, 0.1) is 0 Å². The molecule has 3 heterocycles. The van der Waals surface area contributed by atoms with Crippen LogP contribution in [0.3, 0.4) is 0 Å². The fraction of sp³-hybridized carbons (Fsp3) is 0.500. The van der Waals surface area contributed by atoms with Crippen molar-refractivity contribution in [1.29, 1.82) is 0 Å². The smallest absolute Gasteiger partial charge is 0.231 e. The maximum atomic E-state index is 5.64. The van der Waals surface area contributed by atoms with E-state index in [0.717, 1.165) is 41.7 Å². The van der Waals surface area contributed by atoms with Crippen molar-refractivity contribution in [2.75, 3.05) is 36.5 Å². The molecule has 4 rings (SSSR count). The van der Waals surface area contributed by atoms with E-state index in [4.69, 9.17) is 26.7 Å². The van der Waals surface area contributed by atoms with Crippen molar-refractivity contribution in [3.63, 3.8) is 0 Å². The lowest BCUT2D eigenvalue weighted by molar-refractivity contribution is 0.171. The highest BCUT2D eigenvalue weighted by molar-refractivity contribution is 7.80. The Labute approximate surface area is 183 Å². The van der Waals surface area contributed by atoms with Gasteiger partial charge in [0.25, 0.3) is 0 Å². The molecule has 0 amide bonds. The molecule has 30 heavy (non-hydrogen) atoms. The lowest BCUT2D eigenvalue weighted by Gasteiger charge is -2.36. The summed E-state index contributed by atoms with van der Waals surface area (Å²) in [6, 6.07) is 7.95. The molecule has 0 unspecified atom stereocenters. The van der Waals surface area contributed by atoms with Crippen LogP contribution in [0.1, 0.15) is 31.5 Å². The molecular formula is C22H29N5O2S. The molecule has 2 N–H and O–H groups in total. The third-order valence-electron chi connectivity index (χ3n) is 5.32. The minimum absolute atomic E-state index is 0.488. The van der Waals surface area contributed by atoms with Crippen LogP contribution in [-0.2, 0) is 6.54 Å². The Bertz CT molecular complexity index is 912. The number of aryl methyl sites for hydroxylation is 1. The maximum absolute atomic E-state index is 5.64. The summed E-state index contributed by atoms with van der Waals surface area (Å²) in [6.07, 6.45) is 1.26. The van der Waals surface area contributed by atoms with Crippen LogP contribution in [0.2, 0.25) is 0 Å². The van der Waals surface area contributed by atoms with E-state index >= 15 is 0 Å². The first-order valence-corrected chi connectivity index (χ1v) is 10.9. The van der Waals surface area contributed by atoms with Crippen molar-refractivity contribution in [3.05, 3.63) is 35.5 Å². The van der Waals surface area contributed by atoms with Gasteiger partial charge in [0.15, 0.2) is 16.6 Å². The summed E-state index contributed by atoms with van der Waals surface area (Å²) >= 11 is 5.46. The number of piperidine rings is 1. The highest BCUT2D eigenvalue weighted by Gasteiger charge is 2.23. The third kappa shape index (κ3) is 5.11. The first-order valence-electron chi connectivity index (χ1n) is 10.5. The minimum atomic E-state index is 0.488. The average molecular weight is 428 g/mol. The molecule has 0 radical (unpaired) electrons. The predicted molar refractivity (Wildman–Crippen MR) is 122 cm³/mol. The van der Waals surface area contributed by atoms with Gasteiger partial charge in [0.2, 0.25) is 5.95 Å². The van der Waals surface area contributed by atoms with Gasteiger partial charge in [0, 0.05) is 31.4 Å². The molecule has 2 aliphatic heterocycles. The molecule has 160 valence electrons. The summed E-state index contributed by atoms with van der Waals surface area (Å²) in [5, 5.41) is 6.84. The molecule has 1 aromatic heterocycles. The topological polar surface area (TPSA) is 71.5 Å². The van der Waals surface area contributed by atoms with Gasteiger partial charge in [-0.2, -0.15) is 4.98 Å². The van der Waals surface area contributed by atoms with Crippen LogP contribution in [0.25, 0.3) is 0 Å². The van der Waals surface area contributed by atoms with E-state index in [1.165, 1.54) is 6.42 Å². The molecule has 2 atom stereocenters. The van der Waals surface area contributed by atoms with Crippen molar-refractivity contribution >= 4 is 29.1 Å². The number of fused-ring (bicyclic) bond motifs is 1. The molecule has 2 aliphatic rings. The van der Waals surface area contributed by atoms with Crippen LogP contribution in [0, 0.1) is 18.8 Å². The Hall–Kier alpha value is -2.61. The molecule has 1 aromatic carbocycles. The number of aromatic nitrogens is 2. The minimum Gasteiger partial charge on any atom is -0.486 e. The number of hydrogen-bond acceptors (Lipinski definition) is 6. The van der Waals surface area contributed by atoms with Crippen LogP contribution >= 0.6 is 12.2 Å². The number of hydrogen-bond donors (Lipinski definition) is 2. The summed E-state index contributed by atoms with van der Waals surface area (Å²) in [4.78, 5) is 11.6. The van der Waals surface area contributed by atoms with E-state index in [1.807, 2.05) is 31.2 Å². The van der Waals surface area contributed by atoms with E-state index in [0.29, 0.717) is 42.7 Å². The van der Waals surface area contributed by atoms with Gasteiger partial charge in [0.1, 0.15) is 19.0 Å². The van der Waals surface area contributed by atoms with Crippen molar-refractivity contribution in [3.8, 4) is 11.5 Å². The van der Waals surface area contributed by atoms with Gasteiger partial charge in [-0.15, -0.1) is 0 Å². The average Bonchev–Trinajstić information content (AvgIpc) is 2.71. The SMILES string of the molecule is Cc1cc(N2C[C@@H](C)C[C@H](C)C2)nc(NC(=S)NCc2ccc3c(c2)OCCO3)n1. The van der Waals surface area contributed by atoms with Gasteiger partial charge in [-0.1, -0.05) is 19.9 Å². The Kier molecular flexibility index (Phi) is 6.22. The second-order valence-corrected chi connectivity index (χ2v) is 8.74. The van der Waals surface area contributed by atoms with Gasteiger partial charge < -0.3 is 25.0 Å². The molecule has 7 nitrogen and oxygen atoms in total. The molecule has 1 fully saturated rings. The molecule has 0 bridgehead atoms. The van der Waals surface area contributed by atoms with Crippen molar-refractivity contribution < 1.29 is 9.47 Å². The monoisotopic (exact) mass is 427 g/mol. The maximum Gasteiger partial charge on any atom is 0.231 e. The Balaban J connectivity index is 1.38. The van der Waals surface area contributed by atoms with Crippen LogP contribution in [0.4, 0.5) is 11.8 Å². The van der Waals surface area contributed by atoms with E-state index < -0.39 is 0 Å². The largest absolute Gasteiger partial charge is 0.486 e. The van der Waals surface area contributed by atoms with E-state index in [-0.39, 0.29) is 0 Å². The Morgan fingerprint density at radius 2 is 1.83 bits per heavy atom. The van der Waals surface area contributed by atoms with Gasteiger partial charge in [-0.25, -0.2) is 4.98 Å². The first kappa shape index (κ1) is 20.7. The zero-order valence-corrected chi connectivity index (χ0v) is 18.6. The molecule has 0 saturated carbocycles. The number of rotatable bonds is 4. The van der Waals surface area contributed by atoms with Crippen molar-refractivity contribution in [2.24, 2.45) is 11.8 Å². The van der Waals surface area contributed by atoms with Gasteiger partial charge >= 0.3 is 0 Å². The summed E-state index contributed by atoms with van der Waals surface area (Å²) in [6.45, 7) is 10.4. The van der Waals surface area contributed by atoms with E-state index in [2.05, 4.69) is 34.4 Å². The molecule has 8 heteroatoms. The highest BCUT2D eigenvalue weighted by Crippen LogP contribution is 2.30. The fourth-order valence-electron chi connectivity index (χ4n) is 4.15. The second kappa shape index (κ2) is 9.04. The number of nitrogens with zero attached hydrogens (tertiary/aromatic N) is 3. The third-order valence-corrected chi connectivity index (χ3v) is 5.56. The lowest BCUT2D eigenvalue weighted by Crippen LogP contribution is -2.39. The molecule has 0 spiro atoms. The summed E-state index contributed by atoms with van der Waals surface area (Å²) in [5.41, 5.74) is 1.98. The standard InChI is InChI=1S/C22H29N5O2S/c1-14-8-15(2)13-27(12-14)20-9-16(3)24-21(25-20)26-22(30)23-11-17-4-5-18-19(10-17)29-7-6-28-18/h4-5,9-10,14-15H,6-8,11-13H2,1-3H3,(H2,23,24,25,26,30)/t14-,15-/m0/s1. The van der Waals surface area contributed by atoms with Crippen molar-refractivity contribution in [1.82, 2.24) is 15.3 Å². The van der Waals surface area contributed by atoms with Crippen LogP contribution < -0.4 is 25.0 Å². The number of benzene rings is 1. The molecule has 1 saturated heterocycles. The molecule has 0 aliphatic carbocycles. The number of nitrogens with one attached hydrogen (secondary N) is 2. The quantitative estimate of drug-likeness (QED) is 0.718. The van der Waals surface area contributed by atoms with Crippen LogP contribution in [0.5, 0.6) is 11.5 Å². The van der Waals surface area contributed by atoms with Gasteiger partial charge in [-0.05, 0) is 55.1 Å². The van der Waals surface area contributed by atoms with Crippen molar-refractivity contribution in [2.45, 2.75) is 33.7 Å². The normalized spacial score (nSPS) is 20.6. The lowest BCUT2D eigenvalue weighted by atomic mass is 9.92. The Morgan fingerprint density at radius 3 is 2.60 bits per heavy atom. The van der Waals surface area contributed by atoms with Crippen LogP contribution in [0.15, 0.2) is 24.3 Å².